The third-order valence-corrected chi connectivity index (χ3v) is 2.13. The van der Waals surface area contributed by atoms with Crippen LogP contribution in [-0.4, -0.2) is 17.7 Å². The Hall–Kier alpha value is -1.51. The SMILES string of the molecule is C=C(C)/C=C\C(=C/C)[C@@H](C)NC(=O)OC(C)(C)C. The lowest BCUT2D eigenvalue weighted by Crippen LogP contribution is -2.38. The molecule has 0 saturated heterocycles. The van der Waals surface area contributed by atoms with Crippen LogP contribution in [0.3, 0.4) is 0 Å². The van der Waals surface area contributed by atoms with E-state index in [2.05, 4.69) is 11.9 Å². The van der Waals surface area contributed by atoms with Crippen molar-refractivity contribution >= 4 is 6.09 Å². The minimum absolute atomic E-state index is 0.0968. The van der Waals surface area contributed by atoms with Crippen LogP contribution in [0.15, 0.2) is 36.0 Å². The predicted molar refractivity (Wildman–Crippen MR) is 76.5 cm³/mol. The monoisotopic (exact) mass is 251 g/mol. The summed E-state index contributed by atoms with van der Waals surface area (Å²) in [4.78, 5) is 11.6. The summed E-state index contributed by atoms with van der Waals surface area (Å²) in [6.45, 7) is 15.1. The largest absolute Gasteiger partial charge is 0.444 e. The van der Waals surface area contributed by atoms with Gasteiger partial charge in [0.15, 0.2) is 0 Å². The van der Waals surface area contributed by atoms with Crippen molar-refractivity contribution in [2.45, 2.75) is 53.2 Å². The van der Waals surface area contributed by atoms with Crippen molar-refractivity contribution in [1.29, 1.82) is 0 Å². The van der Waals surface area contributed by atoms with Gasteiger partial charge in [-0.2, -0.15) is 0 Å². The quantitative estimate of drug-likeness (QED) is 0.767. The topological polar surface area (TPSA) is 38.3 Å². The lowest BCUT2D eigenvalue weighted by Gasteiger charge is -2.22. The number of nitrogens with one attached hydrogen (secondary N) is 1. The van der Waals surface area contributed by atoms with E-state index in [0.29, 0.717) is 0 Å². The first-order valence-electron chi connectivity index (χ1n) is 6.15. The molecule has 0 aliphatic rings. The highest BCUT2D eigenvalue weighted by Gasteiger charge is 2.18. The Kier molecular flexibility index (Phi) is 6.45. The predicted octanol–water partition coefficient (Wildman–Crippen LogP) is 3.98. The fourth-order valence-corrected chi connectivity index (χ4v) is 1.30. The maximum Gasteiger partial charge on any atom is 0.408 e. The number of amides is 1. The van der Waals surface area contributed by atoms with Crippen LogP contribution in [0, 0.1) is 0 Å². The Bertz CT molecular complexity index is 359. The van der Waals surface area contributed by atoms with Gasteiger partial charge in [-0.05, 0) is 47.1 Å². The first kappa shape index (κ1) is 16.5. The number of carbonyl (C=O) groups is 1. The zero-order chi connectivity index (χ0) is 14.3. The minimum atomic E-state index is -0.479. The molecule has 3 heteroatoms. The van der Waals surface area contributed by atoms with Gasteiger partial charge in [0.2, 0.25) is 0 Å². The average molecular weight is 251 g/mol. The van der Waals surface area contributed by atoms with Crippen LogP contribution in [0.1, 0.15) is 41.5 Å². The van der Waals surface area contributed by atoms with E-state index in [9.17, 15) is 4.79 Å². The van der Waals surface area contributed by atoms with E-state index in [1.54, 1.807) is 0 Å². The molecule has 0 bridgehead atoms. The van der Waals surface area contributed by atoms with Crippen molar-refractivity contribution in [1.82, 2.24) is 5.32 Å². The van der Waals surface area contributed by atoms with Gasteiger partial charge in [-0.15, -0.1) is 0 Å². The van der Waals surface area contributed by atoms with Gasteiger partial charge in [0, 0.05) is 0 Å². The van der Waals surface area contributed by atoms with Crippen LogP contribution in [0.4, 0.5) is 4.79 Å². The number of allylic oxidation sites excluding steroid dienone is 3. The summed E-state index contributed by atoms with van der Waals surface area (Å²) in [6.07, 6.45) is 5.42. The molecule has 18 heavy (non-hydrogen) atoms. The van der Waals surface area contributed by atoms with Crippen molar-refractivity contribution < 1.29 is 9.53 Å². The number of carbonyl (C=O) groups excluding carboxylic acids is 1. The second-order valence-electron chi connectivity index (χ2n) is 5.34. The Labute approximate surface area is 111 Å². The Morgan fingerprint density at radius 3 is 2.28 bits per heavy atom. The molecule has 0 spiro atoms. The number of ether oxygens (including phenoxy) is 1. The lowest BCUT2D eigenvalue weighted by molar-refractivity contribution is 0.0516. The minimum Gasteiger partial charge on any atom is -0.444 e. The molecule has 0 aliphatic carbocycles. The van der Waals surface area contributed by atoms with Gasteiger partial charge < -0.3 is 10.1 Å². The van der Waals surface area contributed by atoms with Gasteiger partial charge in [0.25, 0.3) is 0 Å². The van der Waals surface area contributed by atoms with Crippen molar-refractivity contribution in [2.75, 3.05) is 0 Å². The van der Waals surface area contributed by atoms with E-state index < -0.39 is 11.7 Å². The fourth-order valence-electron chi connectivity index (χ4n) is 1.30. The molecule has 0 rings (SSSR count). The molecule has 0 aliphatic heterocycles. The molecular weight excluding hydrogens is 226 g/mol. The zero-order valence-corrected chi connectivity index (χ0v) is 12.3. The van der Waals surface area contributed by atoms with E-state index in [4.69, 9.17) is 4.74 Å². The highest BCUT2D eigenvalue weighted by atomic mass is 16.6. The van der Waals surface area contributed by atoms with Crippen molar-refractivity contribution in [3.05, 3.63) is 36.0 Å². The Morgan fingerprint density at radius 2 is 1.89 bits per heavy atom. The first-order chi connectivity index (χ1) is 8.15. The Balaban J connectivity index is 4.51. The fraction of sp³-hybridized carbons (Fsp3) is 0.533. The molecule has 3 nitrogen and oxygen atoms in total. The molecule has 0 heterocycles. The maximum absolute atomic E-state index is 11.6. The second-order valence-corrected chi connectivity index (χ2v) is 5.34. The van der Waals surface area contributed by atoms with Crippen molar-refractivity contribution in [2.24, 2.45) is 0 Å². The van der Waals surface area contributed by atoms with Crippen LogP contribution in [0.5, 0.6) is 0 Å². The summed E-state index contributed by atoms with van der Waals surface area (Å²) in [5.41, 5.74) is 1.51. The first-order valence-corrected chi connectivity index (χ1v) is 6.15. The molecule has 0 radical (unpaired) electrons. The van der Waals surface area contributed by atoms with Crippen LogP contribution in [0.2, 0.25) is 0 Å². The van der Waals surface area contributed by atoms with Crippen molar-refractivity contribution in [3.8, 4) is 0 Å². The van der Waals surface area contributed by atoms with E-state index in [-0.39, 0.29) is 6.04 Å². The molecule has 0 saturated carbocycles. The third-order valence-electron chi connectivity index (χ3n) is 2.13. The second kappa shape index (κ2) is 7.04. The highest BCUT2D eigenvalue weighted by Crippen LogP contribution is 2.09. The van der Waals surface area contributed by atoms with E-state index in [1.807, 2.05) is 59.8 Å². The Morgan fingerprint density at radius 1 is 1.33 bits per heavy atom. The van der Waals surface area contributed by atoms with E-state index in [1.165, 1.54) is 0 Å². The number of alkyl carbamates (subject to hydrolysis) is 1. The molecule has 0 aromatic heterocycles. The zero-order valence-electron chi connectivity index (χ0n) is 12.3. The van der Waals surface area contributed by atoms with Gasteiger partial charge in [0.1, 0.15) is 5.60 Å². The summed E-state index contributed by atoms with van der Waals surface area (Å²) in [5.74, 6) is 0. The van der Waals surface area contributed by atoms with Crippen LogP contribution in [-0.2, 0) is 4.74 Å². The summed E-state index contributed by atoms with van der Waals surface area (Å²) in [7, 11) is 0. The van der Waals surface area contributed by atoms with E-state index in [0.717, 1.165) is 11.1 Å². The standard InChI is InChI=1S/C15H25NO2/c1-8-13(10-9-11(2)3)12(4)16-14(17)18-15(5,6)7/h8-10,12H,2H2,1,3-7H3,(H,16,17)/b10-9-,13-8+/t12-/m1/s1. The van der Waals surface area contributed by atoms with Gasteiger partial charge >= 0.3 is 6.09 Å². The molecule has 102 valence electrons. The van der Waals surface area contributed by atoms with Crippen molar-refractivity contribution in [3.63, 3.8) is 0 Å². The van der Waals surface area contributed by atoms with E-state index >= 15 is 0 Å². The van der Waals surface area contributed by atoms with Gasteiger partial charge in [-0.25, -0.2) is 4.79 Å². The smallest absolute Gasteiger partial charge is 0.408 e. The van der Waals surface area contributed by atoms with Crippen LogP contribution >= 0.6 is 0 Å². The molecule has 1 N–H and O–H groups in total. The van der Waals surface area contributed by atoms with Crippen LogP contribution < -0.4 is 5.32 Å². The molecule has 0 fully saturated rings. The summed E-state index contributed by atoms with van der Waals surface area (Å²) in [5, 5.41) is 2.80. The summed E-state index contributed by atoms with van der Waals surface area (Å²) in [6, 6.07) is -0.0968. The molecular formula is C15H25NO2. The lowest BCUT2D eigenvalue weighted by atomic mass is 10.1. The number of rotatable bonds is 4. The molecule has 0 aromatic carbocycles. The molecule has 1 atom stereocenters. The molecule has 0 aromatic rings. The average Bonchev–Trinajstić information content (AvgIpc) is 2.14. The normalized spacial score (nSPS) is 14.4. The maximum atomic E-state index is 11.6. The van der Waals surface area contributed by atoms with Gasteiger partial charge in [0.05, 0.1) is 6.04 Å². The van der Waals surface area contributed by atoms with Gasteiger partial charge in [-0.1, -0.05) is 30.4 Å². The third kappa shape index (κ3) is 7.71. The highest BCUT2D eigenvalue weighted by molar-refractivity contribution is 5.68. The number of hydrogen-bond donors (Lipinski definition) is 1. The molecule has 0 unspecified atom stereocenters. The summed E-state index contributed by atoms with van der Waals surface area (Å²) >= 11 is 0. The van der Waals surface area contributed by atoms with Crippen LogP contribution in [0.25, 0.3) is 0 Å². The number of hydrogen-bond acceptors (Lipinski definition) is 2. The molecule has 1 amide bonds. The van der Waals surface area contributed by atoms with Gasteiger partial charge in [-0.3, -0.25) is 0 Å². The summed E-state index contributed by atoms with van der Waals surface area (Å²) < 4.78 is 5.21.